The predicted molar refractivity (Wildman–Crippen MR) is 138 cm³/mol. The number of benzene rings is 1. The number of fused-ring (bicyclic) bond motifs is 5. The summed E-state index contributed by atoms with van der Waals surface area (Å²) in [5.74, 6) is 0.743. The Balaban J connectivity index is 1.22. The molecule has 4 fully saturated rings. The van der Waals surface area contributed by atoms with Gasteiger partial charge >= 0.3 is 11.9 Å². The molecule has 8 heteroatoms. The number of nitrogens with zero attached hydrogens (tertiary/aromatic N) is 1. The highest BCUT2D eigenvalue weighted by atomic mass is 32.1. The van der Waals surface area contributed by atoms with Crippen molar-refractivity contribution < 1.29 is 24.2 Å². The normalized spacial score (nSPS) is 28.9. The van der Waals surface area contributed by atoms with Crippen molar-refractivity contribution in [2.75, 3.05) is 11.9 Å². The van der Waals surface area contributed by atoms with Crippen LogP contribution in [-0.4, -0.2) is 40.5 Å². The molecule has 2 aromatic rings. The molecule has 2 N–H and O–H groups in total. The molecule has 1 aromatic carbocycles. The zero-order valence-corrected chi connectivity index (χ0v) is 21.4. The maximum Gasteiger partial charge on any atom is 0.331 e. The van der Waals surface area contributed by atoms with Gasteiger partial charge in [0.2, 0.25) is 0 Å². The Morgan fingerprint density at radius 2 is 1.86 bits per heavy atom. The summed E-state index contributed by atoms with van der Waals surface area (Å²) in [4.78, 5) is 28.7. The van der Waals surface area contributed by atoms with Gasteiger partial charge in [-0.3, -0.25) is 0 Å². The molecule has 3 unspecified atom stereocenters. The van der Waals surface area contributed by atoms with Crippen LogP contribution in [0.2, 0.25) is 0 Å². The molecular formula is C28H34N2O5S. The topological polar surface area (TPSA) is 97.8 Å². The number of carbonyl (C=O) groups is 2. The molecule has 0 saturated heterocycles. The highest BCUT2D eigenvalue weighted by Crippen LogP contribution is 2.47. The quantitative estimate of drug-likeness (QED) is 0.252. The molecule has 1 heterocycles. The van der Waals surface area contributed by atoms with E-state index in [2.05, 4.69) is 29.4 Å². The van der Waals surface area contributed by atoms with Crippen molar-refractivity contribution in [1.29, 1.82) is 0 Å². The van der Waals surface area contributed by atoms with Gasteiger partial charge in [0.25, 0.3) is 0 Å². The molecule has 3 atom stereocenters. The van der Waals surface area contributed by atoms with E-state index in [0.29, 0.717) is 24.4 Å². The average molecular weight is 511 g/mol. The molecule has 0 aliphatic heterocycles. The molecule has 36 heavy (non-hydrogen) atoms. The van der Waals surface area contributed by atoms with Crippen molar-refractivity contribution in [3.8, 4) is 10.4 Å². The molecule has 192 valence electrons. The fraction of sp³-hybridized carbons (Fsp3) is 0.536. The van der Waals surface area contributed by atoms with Crippen LogP contribution in [0.5, 0.6) is 0 Å². The summed E-state index contributed by atoms with van der Waals surface area (Å²) >= 11 is 1.63. The van der Waals surface area contributed by atoms with E-state index in [1.54, 1.807) is 11.3 Å². The Hall–Kier alpha value is -2.71. The van der Waals surface area contributed by atoms with E-state index >= 15 is 0 Å². The number of aromatic nitrogens is 1. The summed E-state index contributed by atoms with van der Waals surface area (Å²) in [5, 5.41) is 12.4. The van der Waals surface area contributed by atoms with Gasteiger partial charge in [-0.05, 0) is 74.2 Å². The van der Waals surface area contributed by atoms with Gasteiger partial charge in [0, 0.05) is 12.2 Å². The Morgan fingerprint density at radius 3 is 2.56 bits per heavy atom. The van der Waals surface area contributed by atoms with Crippen LogP contribution in [0.15, 0.2) is 48.0 Å². The average Bonchev–Trinajstić information content (AvgIpc) is 3.49. The lowest BCUT2D eigenvalue weighted by Crippen LogP contribution is -2.42. The molecular weight excluding hydrogens is 476 g/mol. The summed E-state index contributed by atoms with van der Waals surface area (Å²) in [6.07, 6.45) is 8.85. The number of esters is 1. The predicted octanol–water partition coefficient (Wildman–Crippen LogP) is 5.74. The number of carbonyl (C=O) groups excluding carboxylic acids is 1. The first-order valence-corrected chi connectivity index (χ1v) is 13.8. The van der Waals surface area contributed by atoms with Crippen LogP contribution >= 0.6 is 11.3 Å². The maximum absolute atomic E-state index is 12.3. The summed E-state index contributed by atoms with van der Waals surface area (Å²) in [6.45, 7) is 2.83. The number of rotatable bonds is 9. The summed E-state index contributed by atoms with van der Waals surface area (Å²) in [5.41, 5.74) is 2.68. The molecule has 7 nitrogen and oxygen atoms in total. The van der Waals surface area contributed by atoms with Crippen molar-refractivity contribution in [2.45, 2.75) is 63.7 Å². The van der Waals surface area contributed by atoms with Gasteiger partial charge in [0.05, 0.1) is 17.0 Å². The van der Waals surface area contributed by atoms with Gasteiger partial charge in [0.1, 0.15) is 17.6 Å². The number of carboxylic acids is 1. The first-order chi connectivity index (χ1) is 17.4. The molecule has 6 rings (SSSR count). The van der Waals surface area contributed by atoms with Gasteiger partial charge < -0.3 is 19.9 Å². The van der Waals surface area contributed by atoms with E-state index in [4.69, 9.17) is 14.6 Å². The standard InChI is InChI=1S/C28H34N2O5S/c1-18-15-22(19-7-9-20(10-8-19)25(18)35-24(33)12-11-23(31)32)16-34-28(13-14-28)30-27-26(36-17-29-27)21-5-3-2-4-6-21/h2-6,11-12,17-20,22,25,30H,7-10,13-16H2,1H3,(H,31,32)/b12-11+. The van der Waals surface area contributed by atoms with E-state index in [1.165, 1.54) is 0 Å². The monoisotopic (exact) mass is 510 g/mol. The van der Waals surface area contributed by atoms with Crippen LogP contribution in [-0.2, 0) is 19.1 Å². The van der Waals surface area contributed by atoms with Gasteiger partial charge in [0.15, 0.2) is 0 Å². The van der Waals surface area contributed by atoms with Gasteiger partial charge in [-0.25, -0.2) is 14.6 Å². The second-order valence-electron chi connectivity index (χ2n) is 10.5. The third-order valence-corrected chi connectivity index (χ3v) is 8.90. The molecule has 0 amide bonds. The minimum absolute atomic E-state index is 0.184. The van der Waals surface area contributed by atoms with Crippen LogP contribution in [0.25, 0.3) is 10.4 Å². The number of carboxylic acid groups (broad SMARTS) is 1. The maximum atomic E-state index is 12.3. The lowest BCUT2D eigenvalue weighted by atomic mass is 9.66. The first-order valence-electron chi connectivity index (χ1n) is 12.9. The molecule has 4 saturated carbocycles. The van der Waals surface area contributed by atoms with Gasteiger partial charge in [-0.2, -0.15) is 0 Å². The van der Waals surface area contributed by atoms with Crippen molar-refractivity contribution >= 4 is 29.1 Å². The number of ether oxygens (including phenoxy) is 2. The molecule has 4 aliphatic carbocycles. The fourth-order valence-corrected chi connectivity index (χ4v) is 6.72. The number of aliphatic carboxylic acids is 1. The number of nitrogens with one attached hydrogen (secondary N) is 1. The second-order valence-corrected chi connectivity index (χ2v) is 11.4. The summed E-state index contributed by atoms with van der Waals surface area (Å²) in [6, 6.07) is 10.3. The largest absolute Gasteiger partial charge is 0.478 e. The number of hydrogen-bond donors (Lipinski definition) is 2. The SMILES string of the molecule is CC1CC(COC2(Nc3ncsc3-c3ccccc3)CC2)C2CCC(CC2)C1OC(=O)/C=C/C(=O)O. The summed E-state index contributed by atoms with van der Waals surface area (Å²) < 4.78 is 12.4. The number of thiazole rings is 1. The summed E-state index contributed by atoms with van der Waals surface area (Å²) in [7, 11) is 0. The van der Waals surface area contributed by atoms with E-state index in [9.17, 15) is 9.59 Å². The van der Waals surface area contributed by atoms with E-state index in [1.807, 2.05) is 23.7 Å². The first kappa shape index (κ1) is 25.0. The molecule has 1 aromatic heterocycles. The van der Waals surface area contributed by atoms with Crippen LogP contribution in [0, 0.1) is 23.7 Å². The third-order valence-electron chi connectivity index (χ3n) is 8.02. The van der Waals surface area contributed by atoms with Crippen molar-refractivity contribution in [3.63, 3.8) is 0 Å². The highest BCUT2D eigenvalue weighted by Gasteiger charge is 2.47. The lowest BCUT2D eigenvalue weighted by Gasteiger charge is -2.44. The Bertz CT molecular complexity index is 1090. The second kappa shape index (κ2) is 10.7. The van der Waals surface area contributed by atoms with Crippen LogP contribution in [0.3, 0.4) is 0 Å². The zero-order chi connectivity index (χ0) is 25.1. The highest BCUT2D eigenvalue weighted by molar-refractivity contribution is 7.13. The van der Waals surface area contributed by atoms with Crippen LogP contribution in [0.4, 0.5) is 5.82 Å². The minimum atomic E-state index is -1.15. The van der Waals surface area contributed by atoms with E-state index < -0.39 is 11.9 Å². The molecule has 0 spiro atoms. The Kier molecular flexibility index (Phi) is 7.44. The smallest absolute Gasteiger partial charge is 0.331 e. The molecule has 2 bridgehead atoms. The zero-order valence-electron chi connectivity index (χ0n) is 20.6. The Labute approximate surface area is 215 Å². The van der Waals surface area contributed by atoms with Gasteiger partial charge in [-0.15, -0.1) is 11.3 Å². The third kappa shape index (κ3) is 5.81. The van der Waals surface area contributed by atoms with Crippen molar-refractivity contribution in [3.05, 3.63) is 48.0 Å². The van der Waals surface area contributed by atoms with Crippen molar-refractivity contribution in [1.82, 2.24) is 4.98 Å². The van der Waals surface area contributed by atoms with E-state index in [-0.39, 0.29) is 17.7 Å². The van der Waals surface area contributed by atoms with E-state index in [0.717, 1.165) is 73.4 Å². The van der Waals surface area contributed by atoms with Crippen molar-refractivity contribution in [2.24, 2.45) is 23.7 Å². The van der Waals surface area contributed by atoms with Crippen LogP contribution in [0.1, 0.15) is 51.9 Å². The molecule has 0 radical (unpaired) electrons. The molecule has 4 aliphatic rings. The number of hydrogen-bond acceptors (Lipinski definition) is 7. The lowest BCUT2D eigenvalue weighted by molar-refractivity contribution is -0.153. The minimum Gasteiger partial charge on any atom is -0.478 e. The Morgan fingerprint density at radius 1 is 1.14 bits per heavy atom. The number of anilines is 1. The van der Waals surface area contributed by atoms with Crippen LogP contribution < -0.4 is 5.32 Å². The van der Waals surface area contributed by atoms with Gasteiger partial charge in [-0.1, -0.05) is 37.3 Å². The fourth-order valence-electron chi connectivity index (χ4n) is 5.97.